The molecule has 0 bridgehead atoms. The third-order valence-electron chi connectivity index (χ3n) is 5.02. The van der Waals surface area contributed by atoms with E-state index in [-0.39, 0.29) is 11.6 Å². The molecule has 0 N–H and O–H groups in total. The smallest absolute Gasteiger partial charge is 0.162 e. The van der Waals surface area contributed by atoms with E-state index in [1.807, 2.05) is 0 Å². The monoisotopic (exact) mass is 354 g/mol. The van der Waals surface area contributed by atoms with Gasteiger partial charge in [-0.1, -0.05) is 31.4 Å². The Bertz CT molecular complexity index is 721. The van der Waals surface area contributed by atoms with Gasteiger partial charge in [-0.3, -0.25) is 4.79 Å². The summed E-state index contributed by atoms with van der Waals surface area (Å²) < 4.78 is 18.6. The van der Waals surface area contributed by atoms with Crippen LogP contribution in [0.15, 0.2) is 42.5 Å². The van der Waals surface area contributed by atoms with E-state index in [9.17, 15) is 9.18 Å². The average molecular weight is 354 g/mol. The van der Waals surface area contributed by atoms with Crippen molar-refractivity contribution in [3.8, 4) is 5.75 Å². The molecule has 0 unspecified atom stereocenters. The summed E-state index contributed by atoms with van der Waals surface area (Å²) in [5.74, 6) is 0.888. The Kier molecular flexibility index (Phi) is 6.82. The molecule has 0 aliphatic carbocycles. The van der Waals surface area contributed by atoms with E-state index in [1.54, 1.807) is 12.1 Å². The molecule has 1 heterocycles. The lowest BCUT2D eigenvalue weighted by atomic mass is 10.00. The lowest BCUT2D eigenvalue weighted by Crippen LogP contribution is -2.08. The Balaban J connectivity index is 1.29. The molecule has 3 rings (SSSR count). The molecule has 0 amide bonds. The second kappa shape index (κ2) is 9.51. The first-order valence-corrected chi connectivity index (χ1v) is 9.76. The zero-order valence-electron chi connectivity index (χ0n) is 15.3. The van der Waals surface area contributed by atoms with Crippen LogP contribution in [-0.2, 0) is 12.8 Å². The summed E-state index contributed by atoms with van der Waals surface area (Å²) in [5.41, 5.74) is 3.31. The van der Waals surface area contributed by atoms with Gasteiger partial charge in [0.2, 0.25) is 0 Å². The van der Waals surface area contributed by atoms with Crippen LogP contribution in [-0.4, -0.2) is 12.4 Å². The highest BCUT2D eigenvalue weighted by Gasteiger charge is 2.10. The van der Waals surface area contributed by atoms with Crippen LogP contribution in [0.25, 0.3) is 0 Å². The van der Waals surface area contributed by atoms with Gasteiger partial charge >= 0.3 is 0 Å². The van der Waals surface area contributed by atoms with E-state index in [0.29, 0.717) is 12.0 Å². The molecular weight excluding hydrogens is 327 g/mol. The molecule has 0 atom stereocenters. The summed E-state index contributed by atoms with van der Waals surface area (Å²) in [6, 6.07) is 12.5. The minimum absolute atomic E-state index is 0.110. The number of halogens is 1. The number of carbonyl (C=O) groups excluding carboxylic acids is 1. The number of fused-ring (bicyclic) bond motifs is 1. The Morgan fingerprint density at radius 2 is 1.73 bits per heavy atom. The largest absolute Gasteiger partial charge is 0.493 e. The van der Waals surface area contributed by atoms with Gasteiger partial charge in [0.15, 0.2) is 5.78 Å². The molecule has 2 aromatic carbocycles. The molecule has 138 valence electrons. The van der Waals surface area contributed by atoms with Gasteiger partial charge in [-0.05, 0) is 73.6 Å². The first-order valence-electron chi connectivity index (χ1n) is 9.76. The normalized spacial score (nSPS) is 13.1. The van der Waals surface area contributed by atoms with Gasteiger partial charge in [-0.2, -0.15) is 0 Å². The van der Waals surface area contributed by atoms with E-state index in [1.165, 1.54) is 36.1 Å². The molecule has 1 aliphatic rings. The first kappa shape index (κ1) is 18.6. The van der Waals surface area contributed by atoms with Crippen LogP contribution in [0.3, 0.4) is 0 Å². The molecule has 26 heavy (non-hydrogen) atoms. The second-order valence-electron chi connectivity index (χ2n) is 7.09. The number of Topliss-reactive ketones (excluding diaryl/α,β-unsaturated/α-hetero) is 1. The minimum Gasteiger partial charge on any atom is -0.493 e. The standard InChI is InChI=1S/C23H27FO2/c24-21-14-12-19(13-15-21)22(25)9-5-3-1-2-4-7-18-10-11-20-8-6-16-26-23(20)17-18/h10-15,17H,1-9,16H2. The summed E-state index contributed by atoms with van der Waals surface area (Å²) in [5, 5.41) is 0. The number of hydrogen-bond acceptors (Lipinski definition) is 2. The van der Waals surface area contributed by atoms with Gasteiger partial charge in [0.05, 0.1) is 6.61 Å². The summed E-state index contributed by atoms with van der Waals surface area (Å²) in [7, 11) is 0. The van der Waals surface area contributed by atoms with E-state index >= 15 is 0 Å². The summed E-state index contributed by atoms with van der Waals surface area (Å²) in [6.45, 7) is 0.840. The van der Waals surface area contributed by atoms with Crippen molar-refractivity contribution in [2.75, 3.05) is 6.61 Å². The fourth-order valence-electron chi connectivity index (χ4n) is 3.47. The molecule has 0 saturated carbocycles. The van der Waals surface area contributed by atoms with E-state index in [2.05, 4.69) is 18.2 Å². The van der Waals surface area contributed by atoms with Gasteiger partial charge in [0, 0.05) is 12.0 Å². The Labute approximate surface area is 155 Å². The molecule has 0 spiro atoms. The van der Waals surface area contributed by atoms with E-state index in [4.69, 9.17) is 4.74 Å². The SMILES string of the molecule is O=C(CCCCCCCc1ccc2c(c1)OCCC2)c1ccc(F)cc1. The quantitative estimate of drug-likeness (QED) is 0.413. The number of rotatable bonds is 9. The van der Waals surface area contributed by atoms with Crippen molar-refractivity contribution < 1.29 is 13.9 Å². The number of carbonyl (C=O) groups is 1. The van der Waals surface area contributed by atoms with Crippen molar-refractivity contribution in [3.63, 3.8) is 0 Å². The van der Waals surface area contributed by atoms with Crippen molar-refractivity contribution in [2.45, 2.75) is 57.8 Å². The van der Waals surface area contributed by atoms with Crippen molar-refractivity contribution in [3.05, 3.63) is 65.0 Å². The molecule has 1 aliphatic heterocycles. The predicted octanol–water partition coefficient (Wildman–Crippen LogP) is 5.92. The topological polar surface area (TPSA) is 26.3 Å². The van der Waals surface area contributed by atoms with Crippen LogP contribution in [0.4, 0.5) is 4.39 Å². The van der Waals surface area contributed by atoms with Crippen LogP contribution in [0.2, 0.25) is 0 Å². The van der Waals surface area contributed by atoms with Crippen LogP contribution in [0.5, 0.6) is 5.75 Å². The number of ketones is 1. The highest BCUT2D eigenvalue weighted by molar-refractivity contribution is 5.95. The van der Waals surface area contributed by atoms with Crippen LogP contribution >= 0.6 is 0 Å². The second-order valence-corrected chi connectivity index (χ2v) is 7.09. The predicted molar refractivity (Wildman–Crippen MR) is 102 cm³/mol. The maximum Gasteiger partial charge on any atom is 0.162 e. The fourth-order valence-corrected chi connectivity index (χ4v) is 3.47. The number of benzene rings is 2. The molecule has 3 heteroatoms. The molecular formula is C23H27FO2. The number of ether oxygens (including phenoxy) is 1. The lowest BCUT2D eigenvalue weighted by molar-refractivity contribution is 0.0979. The first-order chi connectivity index (χ1) is 12.7. The zero-order valence-corrected chi connectivity index (χ0v) is 15.3. The molecule has 0 fully saturated rings. The van der Waals surface area contributed by atoms with Crippen molar-refractivity contribution in [1.82, 2.24) is 0 Å². The van der Waals surface area contributed by atoms with Gasteiger partial charge in [0.25, 0.3) is 0 Å². The van der Waals surface area contributed by atoms with E-state index < -0.39 is 0 Å². The molecule has 0 saturated heterocycles. The number of aryl methyl sites for hydroxylation is 2. The summed E-state index contributed by atoms with van der Waals surface area (Å²) in [6.07, 6.45) is 9.37. The molecule has 0 aromatic heterocycles. The number of hydrogen-bond donors (Lipinski definition) is 0. The summed E-state index contributed by atoms with van der Waals surface area (Å²) >= 11 is 0. The van der Waals surface area contributed by atoms with Gasteiger partial charge in [-0.25, -0.2) is 4.39 Å². The van der Waals surface area contributed by atoms with Crippen molar-refractivity contribution in [1.29, 1.82) is 0 Å². The number of unbranched alkanes of at least 4 members (excludes halogenated alkanes) is 4. The van der Waals surface area contributed by atoms with Gasteiger partial charge in [0.1, 0.15) is 11.6 Å². The highest BCUT2D eigenvalue weighted by Crippen LogP contribution is 2.26. The molecule has 2 nitrogen and oxygen atoms in total. The van der Waals surface area contributed by atoms with Gasteiger partial charge in [-0.15, -0.1) is 0 Å². The lowest BCUT2D eigenvalue weighted by Gasteiger charge is -2.17. The van der Waals surface area contributed by atoms with Crippen LogP contribution in [0, 0.1) is 5.82 Å². The molecule has 2 aromatic rings. The maximum atomic E-state index is 12.9. The van der Waals surface area contributed by atoms with Crippen LogP contribution < -0.4 is 4.74 Å². The summed E-state index contributed by atoms with van der Waals surface area (Å²) in [4.78, 5) is 12.0. The third-order valence-corrected chi connectivity index (χ3v) is 5.02. The van der Waals surface area contributed by atoms with Gasteiger partial charge < -0.3 is 4.74 Å². The Morgan fingerprint density at radius 1 is 0.962 bits per heavy atom. The highest BCUT2D eigenvalue weighted by atomic mass is 19.1. The maximum absolute atomic E-state index is 12.9. The van der Waals surface area contributed by atoms with E-state index in [0.717, 1.165) is 50.9 Å². The third kappa shape index (κ3) is 5.42. The average Bonchev–Trinajstić information content (AvgIpc) is 2.67. The Hall–Kier alpha value is -2.16. The fraction of sp³-hybridized carbons (Fsp3) is 0.435. The van der Waals surface area contributed by atoms with Crippen molar-refractivity contribution in [2.24, 2.45) is 0 Å². The van der Waals surface area contributed by atoms with Crippen molar-refractivity contribution >= 4 is 5.78 Å². The Morgan fingerprint density at radius 3 is 2.58 bits per heavy atom. The zero-order chi connectivity index (χ0) is 18.2. The minimum atomic E-state index is -0.299. The molecule has 0 radical (unpaired) electrons. The van der Waals surface area contributed by atoms with Crippen LogP contribution in [0.1, 0.15) is 66.4 Å².